The molecule has 0 amide bonds. The zero-order valence-corrected chi connectivity index (χ0v) is 18.2. The standard InChI is InChI=1S/C23H21N3O4S/c1-14-21(15(2)27)22(18-9-4-5-10-20(18)26(28)29)19(12-24)23(25-14)31-13-16-7-6-8-17(11-16)30-3/h4-11,22,25H,13H2,1-3H3. The Morgan fingerprint density at radius 1 is 1.29 bits per heavy atom. The molecule has 0 fully saturated rings. The number of nitro benzene ring substituents is 1. The van der Waals surface area contributed by atoms with Crippen LogP contribution >= 0.6 is 11.8 Å². The average Bonchev–Trinajstić information content (AvgIpc) is 2.76. The number of dihydropyridines is 1. The lowest BCUT2D eigenvalue weighted by molar-refractivity contribution is -0.385. The van der Waals surface area contributed by atoms with E-state index in [1.165, 1.54) is 24.8 Å². The summed E-state index contributed by atoms with van der Waals surface area (Å²) in [6.07, 6.45) is 0. The minimum absolute atomic E-state index is 0.120. The lowest BCUT2D eigenvalue weighted by Crippen LogP contribution is -2.27. The van der Waals surface area contributed by atoms with Crippen LogP contribution in [-0.4, -0.2) is 17.8 Å². The first-order valence-corrected chi connectivity index (χ1v) is 10.5. The van der Waals surface area contributed by atoms with Gasteiger partial charge in [-0.05, 0) is 31.5 Å². The molecule has 2 aromatic carbocycles. The van der Waals surface area contributed by atoms with E-state index in [0.29, 0.717) is 27.6 Å². The third-order valence-corrected chi connectivity index (χ3v) is 6.08. The number of allylic oxidation sites excluding steroid dienone is 3. The summed E-state index contributed by atoms with van der Waals surface area (Å²) < 4.78 is 5.26. The number of nitrogens with zero attached hydrogens (tertiary/aromatic N) is 2. The molecule has 1 aliphatic heterocycles. The number of para-hydroxylation sites is 1. The maximum absolute atomic E-state index is 12.5. The van der Waals surface area contributed by atoms with E-state index >= 15 is 0 Å². The number of methoxy groups -OCH3 is 1. The summed E-state index contributed by atoms with van der Waals surface area (Å²) in [6, 6.07) is 16.0. The molecule has 1 heterocycles. The lowest BCUT2D eigenvalue weighted by atomic mass is 9.80. The maximum Gasteiger partial charge on any atom is 0.273 e. The molecular formula is C23H21N3O4S. The lowest BCUT2D eigenvalue weighted by Gasteiger charge is -2.29. The first-order valence-electron chi connectivity index (χ1n) is 9.49. The van der Waals surface area contributed by atoms with Gasteiger partial charge in [0.25, 0.3) is 5.69 Å². The molecule has 8 heteroatoms. The normalized spacial score (nSPS) is 15.9. The van der Waals surface area contributed by atoms with Crippen molar-refractivity contribution in [2.75, 3.05) is 7.11 Å². The monoisotopic (exact) mass is 435 g/mol. The predicted octanol–water partition coefficient (Wildman–Crippen LogP) is 4.82. The van der Waals surface area contributed by atoms with Crippen LogP contribution in [0.5, 0.6) is 5.75 Å². The summed E-state index contributed by atoms with van der Waals surface area (Å²) in [5, 5.41) is 25.4. The highest BCUT2D eigenvalue weighted by molar-refractivity contribution is 8.02. The molecule has 1 aliphatic rings. The summed E-state index contributed by atoms with van der Waals surface area (Å²) in [7, 11) is 1.60. The smallest absolute Gasteiger partial charge is 0.273 e. The van der Waals surface area contributed by atoms with Gasteiger partial charge in [0.2, 0.25) is 0 Å². The Hall–Kier alpha value is -3.57. The third kappa shape index (κ3) is 4.62. The Balaban J connectivity index is 2.07. The molecule has 0 aliphatic carbocycles. The van der Waals surface area contributed by atoms with E-state index in [2.05, 4.69) is 11.4 Å². The van der Waals surface area contributed by atoms with Gasteiger partial charge in [0, 0.05) is 28.7 Å². The number of benzene rings is 2. The molecule has 1 atom stereocenters. The van der Waals surface area contributed by atoms with Crippen LogP contribution in [0.2, 0.25) is 0 Å². The van der Waals surface area contributed by atoms with Crippen molar-refractivity contribution >= 4 is 23.2 Å². The number of thioether (sulfide) groups is 1. The van der Waals surface area contributed by atoms with Crippen LogP contribution in [0.3, 0.4) is 0 Å². The van der Waals surface area contributed by atoms with Gasteiger partial charge in [-0.25, -0.2) is 0 Å². The summed E-state index contributed by atoms with van der Waals surface area (Å²) in [4.78, 5) is 23.6. The summed E-state index contributed by atoms with van der Waals surface area (Å²) in [6.45, 7) is 3.16. The minimum atomic E-state index is -0.807. The third-order valence-electron chi connectivity index (χ3n) is 4.99. The zero-order chi connectivity index (χ0) is 22.5. The fourth-order valence-corrected chi connectivity index (χ4v) is 4.65. The van der Waals surface area contributed by atoms with E-state index in [-0.39, 0.29) is 17.0 Å². The van der Waals surface area contributed by atoms with Gasteiger partial charge in [0.1, 0.15) is 5.75 Å². The van der Waals surface area contributed by atoms with Gasteiger partial charge >= 0.3 is 0 Å². The molecule has 1 N–H and O–H groups in total. The first kappa shape index (κ1) is 22.1. The largest absolute Gasteiger partial charge is 0.497 e. The first-order chi connectivity index (χ1) is 14.9. The number of Topliss-reactive ketones (excluding diaryl/α,β-unsaturated/α-hetero) is 1. The van der Waals surface area contributed by atoms with E-state index in [1.54, 1.807) is 32.2 Å². The molecule has 3 rings (SSSR count). The van der Waals surface area contributed by atoms with E-state index in [9.17, 15) is 20.2 Å². The molecule has 0 aromatic heterocycles. The summed E-state index contributed by atoms with van der Waals surface area (Å²) >= 11 is 1.41. The molecule has 2 aromatic rings. The Kier molecular flexibility index (Phi) is 6.78. The van der Waals surface area contributed by atoms with Crippen molar-refractivity contribution in [3.05, 3.63) is 91.6 Å². The minimum Gasteiger partial charge on any atom is -0.497 e. The Bertz CT molecular complexity index is 1150. The van der Waals surface area contributed by atoms with Crippen LogP contribution in [-0.2, 0) is 10.5 Å². The summed E-state index contributed by atoms with van der Waals surface area (Å²) in [5.41, 5.74) is 2.44. The summed E-state index contributed by atoms with van der Waals surface area (Å²) in [5.74, 6) is 0.240. The van der Waals surface area contributed by atoms with Crippen LogP contribution in [0.1, 0.15) is 30.9 Å². The van der Waals surface area contributed by atoms with E-state index in [1.807, 2.05) is 24.3 Å². The van der Waals surface area contributed by atoms with E-state index in [0.717, 1.165) is 11.3 Å². The Morgan fingerprint density at radius 2 is 2.03 bits per heavy atom. The van der Waals surface area contributed by atoms with Crippen molar-refractivity contribution in [1.82, 2.24) is 5.32 Å². The molecule has 0 spiro atoms. The molecule has 0 saturated carbocycles. The highest BCUT2D eigenvalue weighted by Crippen LogP contribution is 2.44. The molecule has 7 nitrogen and oxygen atoms in total. The molecule has 1 unspecified atom stereocenters. The SMILES string of the molecule is COc1cccc(CSC2=C(C#N)C(c3ccccc3[N+](=O)[O-])C(C(C)=O)=C(C)N2)c1. The van der Waals surface area contributed by atoms with Gasteiger partial charge in [-0.2, -0.15) is 5.26 Å². The van der Waals surface area contributed by atoms with Crippen LogP contribution in [0.25, 0.3) is 0 Å². The van der Waals surface area contributed by atoms with Crippen molar-refractivity contribution in [2.24, 2.45) is 0 Å². The van der Waals surface area contributed by atoms with Crippen LogP contribution in [0.4, 0.5) is 5.69 Å². The van der Waals surface area contributed by atoms with Gasteiger partial charge in [0.05, 0.1) is 34.6 Å². The van der Waals surface area contributed by atoms with E-state index < -0.39 is 10.8 Å². The van der Waals surface area contributed by atoms with Crippen LogP contribution in [0, 0.1) is 21.4 Å². The van der Waals surface area contributed by atoms with Crippen molar-refractivity contribution in [3.8, 4) is 11.8 Å². The molecule has 0 bridgehead atoms. The number of carbonyl (C=O) groups is 1. The molecule has 0 saturated heterocycles. The number of ether oxygens (including phenoxy) is 1. The number of hydrogen-bond acceptors (Lipinski definition) is 7. The fraction of sp³-hybridized carbons (Fsp3) is 0.217. The second kappa shape index (κ2) is 9.49. The zero-order valence-electron chi connectivity index (χ0n) is 17.3. The number of nitrogens with one attached hydrogen (secondary N) is 1. The van der Waals surface area contributed by atoms with Gasteiger partial charge in [-0.1, -0.05) is 30.3 Å². The molecule has 0 radical (unpaired) electrons. The second-order valence-electron chi connectivity index (χ2n) is 6.96. The Morgan fingerprint density at radius 3 is 2.68 bits per heavy atom. The highest BCUT2D eigenvalue weighted by Gasteiger charge is 2.36. The van der Waals surface area contributed by atoms with Crippen molar-refractivity contribution in [3.63, 3.8) is 0 Å². The highest BCUT2D eigenvalue weighted by atomic mass is 32.2. The molecule has 31 heavy (non-hydrogen) atoms. The maximum atomic E-state index is 12.5. The van der Waals surface area contributed by atoms with E-state index in [4.69, 9.17) is 4.74 Å². The fourth-order valence-electron chi connectivity index (χ4n) is 3.62. The molecular weight excluding hydrogens is 414 g/mol. The number of carbonyl (C=O) groups excluding carboxylic acids is 1. The van der Waals surface area contributed by atoms with Crippen molar-refractivity contribution in [1.29, 1.82) is 5.26 Å². The van der Waals surface area contributed by atoms with Crippen molar-refractivity contribution in [2.45, 2.75) is 25.5 Å². The average molecular weight is 436 g/mol. The topological polar surface area (TPSA) is 105 Å². The van der Waals surface area contributed by atoms with Gasteiger partial charge in [0.15, 0.2) is 5.78 Å². The van der Waals surface area contributed by atoms with Gasteiger partial charge < -0.3 is 10.1 Å². The van der Waals surface area contributed by atoms with Gasteiger partial charge in [-0.3, -0.25) is 14.9 Å². The number of nitriles is 1. The van der Waals surface area contributed by atoms with Crippen LogP contribution < -0.4 is 10.1 Å². The quantitative estimate of drug-likeness (QED) is 0.491. The number of rotatable bonds is 7. The van der Waals surface area contributed by atoms with Crippen LogP contribution in [0.15, 0.2) is 70.4 Å². The Labute approximate surface area is 184 Å². The predicted molar refractivity (Wildman–Crippen MR) is 119 cm³/mol. The van der Waals surface area contributed by atoms with Crippen molar-refractivity contribution < 1.29 is 14.5 Å². The molecule has 158 valence electrons. The number of ketones is 1. The number of nitro groups is 1. The number of hydrogen-bond donors (Lipinski definition) is 1. The second-order valence-corrected chi connectivity index (χ2v) is 7.95. The van der Waals surface area contributed by atoms with Gasteiger partial charge in [-0.15, -0.1) is 11.8 Å².